The summed E-state index contributed by atoms with van der Waals surface area (Å²) in [6.45, 7) is 3.80. The summed E-state index contributed by atoms with van der Waals surface area (Å²) in [5, 5.41) is 9.52. The van der Waals surface area contributed by atoms with Gasteiger partial charge in [-0.2, -0.15) is 11.8 Å². The maximum atomic E-state index is 6.26. The molecule has 0 fully saturated rings. The van der Waals surface area contributed by atoms with Gasteiger partial charge in [0.05, 0.1) is 42.3 Å². The number of hydrogen-bond donors (Lipinski definition) is 0. The molecule has 0 bridgehead atoms. The van der Waals surface area contributed by atoms with Crippen LogP contribution in [-0.2, 0) is 23.6 Å². The minimum atomic E-state index is 0.497. The molecule has 8 heteroatoms. The Hall–Kier alpha value is -1.83. The van der Waals surface area contributed by atoms with Gasteiger partial charge in [-0.3, -0.25) is 0 Å². The Balaban J connectivity index is 1.93. The first-order valence-electron chi connectivity index (χ1n) is 8.07. The smallest absolute Gasteiger partial charge is 0.166 e. The van der Waals surface area contributed by atoms with E-state index in [0.29, 0.717) is 24.8 Å². The lowest BCUT2D eigenvalue weighted by atomic mass is 10.1. The normalized spacial score (nSPS) is 12.4. The molecule has 0 saturated heterocycles. The van der Waals surface area contributed by atoms with Crippen molar-refractivity contribution in [3.05, 3.63) is 46.8 Å². The van der Waals surface area contributed by atoms with Gasteiger partial charge < -0.3 is 13.9 Å². The minimum absolute atomic E-state index is 0.497. The fourth-order valence-corrected chi connectivity index (χ4v) is 3.73. The van der Waals surface area contributed by atoms with Gasteiger partial charge in [0, 0.05) is 17.2 Å². The fourth-order valence-electron chi connectivity index (χ4n) is 3.09. The average Bonchev–Trinajstić information content (AvgIpc) is 3.15. The number of hydrogen-bond acceptors (Lipinski definition) is 5. The first-order valence-corrected chi connectivity index (χ1v) is 9.84. The van der Waals surface area contributed by atoms with Crippen LogP contribution < -0.4 is 0 Å². The van der Waals surface area contributed by atoms with E-state index >= 15 is 0 Å². The summed E-state index contributed by atoms with van der Waals surface area (Å²) in [6, 6.07) is 5.84. The number of thioether (sulfide) groups is 1. The number of rotatable bonds is 5. The van der Waals surface area contributed by atoms with Gasteiger partial charge in [0.1, 0.15) is 5.82 Å². The molecule has 1 aromatic carbocycles. The third-order valence-corrected chi connectivity index (χ3v) is 5.05. The summed E-state index contributed by atoms with van der Waals surface area (Å²) in [4.78, 5) is 4.58. The number of nitrogens with zero attached hydrogens (tertiary/aromatic N) is 5. The van der Waals surface area contributed by atoms with Crippen LogP contribution in [0.4, 0.5) is 0 Å². The maximum absolute atomic E-state index is 6.26. The molecule has 0 radical (unpaired) electrons. The second kappa shape index (κ2) is 6.82. The number of ether oxygens (including phenoxy) is 1. The number of aromatic nitrogens is 5. The van der Waals surface area contributed by atoms with E-state index in [1.54, 1.807) is 11.8 Å². The molecule has 25 heavy (non-hydrogen) atoms. The van der Waals surface area contributed by atoms with Crippen molar-refractivity contribution in [2.75, 3.05) is 12.9 Å². The minimum Gasteiger partial charge on any atom is -0.375 e. The lowest BCUT2D eigenvalue weighted by molar-refractivity contribution is 0.131. The molecule has 1 aliphatic rings. The molecular formula is C17H18ClN5OS. The molecule has 0 amide bonds. The van der Waals surface area contributed by atoms with Gasteiger partial charge in [-0.1, -0.05) is 11.6 Å². The molecule has 3 aromatic rings. The van der Waals surface area contributed by atoms with Crippen LogP contribution >= 0.6 is 23.4 Å². The third kappa shape index (κ3) is 2.86. The quantitative estimate of drug-likeness (QED) is 0.534. The molecule has 0 aliphatic carbocycles. The zero-order valence-corrected chi connectivity index (χ0v) is 15.6. The number of imidazole rings is 1. The lowest BCUT2D eigenvalue weighted by Crippen LogP contribution is -2.09. The fraction of sp³-hybridized carbons (Fsp3) is 0.353. The zero-order chi connectivity index (χ0) is 17.4. The highest BCUT2D eigenvalue weighted by Crippen LogP contribution is 2.34. The predicted molar refractivity (Wildman–Crippen MR) is 99.2 cm³/mol. The van der Waals surface area contributed by atoms with Crippen molar-refractivity contribution in [3.8, 4) is 17.1 Å². The molecule has 0 saturated carbocycles. The molecule has 1 aliphatic heterocycles. The van der Waals surface area contributed by atoms with Gasteiger partial charge in [0.25, 0.3) is 0 Å². The van der Waals surface area contributed by atoms with E-state index in [-0.39, 0.29) is 0 Å². The zero-order valence-electron chi connectivity index (χ0n) is 14.1. The van der Waals surface area contributed by atoms with Crippen LogP contribution in [0.1, 0.15) is 24.1 Å². The molecule has 6 nitrogen and oxygen atoms in total. The van der Waals surface area contributed by atoms with E-state index in [0.717, 1.165) is 40.0 Å². The van der Waals surface area contributed by atoms with E-state index in [1.807, 2.05) is 31.5 Å². The van der Waals surface area contributed by atoms with E-state index < -0.39 is 0 Å². The van der Waals surface area contributed by atoms with Crippen LogP contribution in [0.5, 0.6) is 0 Å². The molecule has 0 N–H and O–H groups in total. The Morgan fingerprint density at radius 1 is 1.32 bits per heavy atom. The van der Waals surface area contributed by atoms with Gasteiger partial charge in [0.15, 0.2) is 5.82 Å². The second-order valence-corrected chi connectivity index (χ2v) is 7.07. The Kier molecular flexibility index (Phi) is 4.54. The summed E-state index contributed by atoms with van der Waals surface area (Å²) < 4.78 is 9.86. The van der Waals surface area contributed by atoms with Crippen molar-refractivity contribution in [1.29, 1.82) is 0 Å². The molecule has 0 unspecified atom stereocenters. The largest absolute Gasteiger partial charge is 0.375 e. The molecule has 3 heterocycles. The molecular weight excluding hydrogens is 358 g/mol. The Morgan fingerprint density at radius 3 is 3.00 bits per heavy atom. The van der Waals surface area contributed by atoms with Crippen LogP contribution in [0, 0.1) is 0 Å². The van der Waals surface area contributed by atoms with E-state index in [1.165, 1.54) is 0 Å². The van der Waals surface area contributed by atoms with Crippen LogP contribution in [0.15, 0.2) is 24.5 Å². The van der Waals surface area contributed by atoms with Crippen LogP contribution in [-0.4, -0.2) is 37.2 Å². The molecule has 0 spiro atoms. The van der Waals surface area contributed by atoms with Crippen molar-refractivity contribution >= 4 is 23.4 Å². The third-order valence-electron chi connectivity index (χ3n) is 4.26. The SMILES string of the molecule is CCOCc1ncn2c1Cn1c(CSC)nnc1-c1cc(Cl)ccc1-2. The van der Waals surface area contributed by atoms with E-state index in [4.69, 9.17) is 16.3 Å². The Morgan fingerprint density at radius 2 is 2.20 bits per heavy atom. The number of fused-ring (bicyclic) bond motifs is 5. The van der Waals surface area contributed by atoms with Gasteiger partial charge >= 0.3 is 0 Å². The van der Waals surface area contributed by atoms with Crippen LogP contribution in [0.25, 0.3) is 17.1 Å². The molecule has 4 rings (SSSR count). The molecule has 2 aromatic heterocycles. The van der Waals surface area contributed by atoms with Gasteiger partial charge in [-0.25, -0.2) is 4.98 Å². The Bertz CT molecular complexity index is 920. The average molecular weight is 376 g/mol. The van der Waals surface area contributed by atoms with Gasteiger partial charge in [-0.05, 0) is 31.4 Å². The summed E-state index contributed by atoms with van der Waals surface area (Å²) in [5.41, 5.74) is 4.01. The summed E-state index contributed by atoms with van der Waals surface area (Å²) in [6.07, 6.45) is 3.92. The van der Waals surface area contributed by atoms with Crippen molar-refractivity contribution < 1.29 is 4.74 Å². The van der Waals surface area contributed by atoms with Crippen molar-refractivity contribution in [2.45, 2.75) is 25.8 Å². The molecule has 0 atom stereocenters. The Labute approximate surface area is 155 Å². The topological polar surface area (TPSA) is 57.8 Å². The van der Waals surface area contributed by atoms with Crippen molar-refractivity contribution in [1.82, 2.24) is 24.3 Å². The highest BCUT2D eigenvalue weighted by molar-refractivity contribution is 7.97. The lowest BCUT2D eigenvalue weighted by Gasteiger charge is -2.09. The second-order valence-electron chi connectivity index (χ2n) is 5.77. The maximum Gasteiger partial charge on any atom is 0.166 e. The first-order chi connectivity index (χ1) is 12.2. The highest BCUT2D eigenvalue weighted by Gasteiger charge is 2.25. The van der Waals surface area contributed by atoms with Crippen molar-refractivity contribution in [2.24, 2.45) is 0 Å². The first kappa shape index (κ1) is 16.6. The van der Waals surface area contributed by atoms with E-state index in [9.17, 15) is 0 Å². The van der Waals surface area contributed by atoms with Gasteiger partial charge in [-0.15, -0.1) is 10.2 Å². The predicted octanol–water partition coefficient (Wildman–Crippen LogP) is 3.55. The highest BCUT2D eigenvalue weighted by atomic mass is 35.5. The van der Waals surface area contributed by atoms with Crippen LogP contribution in [0.2, 0.25) is 5.02 Å². The summed E-state index contributed by atoms with van der Waals surface area (Å²) in [7, 11) is 0. The monoisotopic (exact) mass is 375 g/mol. The number of benzene rings is 1. The van der Waals surface area contributed by atoms with Gasteiger partial charge in [0.2, 0.25) is 0 Å². The van der Waals surface area contributed by atoms with Crippen LogP contribution in [0.3, 0.4) is 0 Å². The van der Waals surface area contributed by atoms with E-state index in [2.05, 4.69) is 30.6 Å². The summed E-state index contributed by atoms with van der Waals surface area (Å²) >= 11 is 7.99. The van der Waals surface area contributed by atoms with Crippen molar-refractivity contribution in [3.63, 3.8) is 0 Å². The standard InChI is InChI=1S/C17H18ClN5OS/c1-3-24-8-13-15-7-22-16(9-25-2)20-21-17(22)12-6-11(18)4-5-14(12)23(15)10-19-13/h4-6,10H,3,7-9H2,1-2H3. The molecule has 130 valence electrons. The number of halogens is 1. The summed E-state index contributed by atoms with van der Waals surface area (Å²) in [5.74, 6) is 2.59.